The summed E-state index contributed by atoms with van der Waals surface area (Å²) in [6, 6.07) is 2.08. The molecule has 1 aromatic rings. The molecule has 0 spiro atoms. The number of rotatable bonds is 3. The van der Waals surface area contributed by atoms with E-state index >= 15 is 0 Å². The van der Waals surface area contributed by atoms with Crippen LogP contribution in [0.5, 0.6) is 0 Å². The Morgan fingerprint density at radius 2 is 2.14 bits per heavy atom. The molecule has 0 bridgehead atoms. The van der Waals surface area contributed by atoms with E-state index in [2.05, 4.69) is 10.3 Å². The largest absolute Gasteiger partial charge is 0.417 e. The molecule has 1 rings (SSSR count). The summed E-state index contributed by atoms with van der Waals surface area (Å²) >= 11 is 0. The highest BCUT2D eigenvalue weighted by Crippen LogP contribution is 2.28. The summed E-state index contributed by atoms with van der Waals surface area (Å²) in [6.07, 6.45) is -3.07. The number of halogens is 3. The number of nitrogens with one attached hydrogen (secondary N) is 1. The zero-order chi connectivity index (χ0) is 10.6. The van der Waals surface area contributed by atoms with Crippen molar-refractivity contribution in [1.29, 1.82) is 0 Å². The van der Waals surface area contributed by atoms with E-state index in [0.717, 1.165) is 6.07 Å². The number of aldehydes is 1. The van der Waals surface area contributed by atoms with Gasteiger partial charge in [-0.15, -0.1) is 0 Å². The van der Waals surface area contributed by atoms with Gasteiger partial charge in [-0.05, 0) is 12.1 Å². The van der Waals surface area contributed by atoms with Crippen LogP contribution in [-0.4, -0.2) is 17.8 Å². The Balaban J connectivity index is 2.73. The lowest BCUT2D eigenvalue weighted by Crippen LogP contribution is -2.08. The van der Waals surface area contributed by atoms with Crippen LogP contribution in [0.15, 0.2) is 18.3 Å². The summed E-state index contributed by atoms with van der Waals surface area (Å²) in [5, 5.41) is 2.53. The minimum absolute atomic E-state index is 0.0262. The van der Waals surface area contributed by atoms with Crippen molar-refractivity contribution in [2.75, 3.05) is 11.9 Å². The molecule has 76 valence electrons. The molecule has 1 N–H and O–H groups in total. The first-order valence-electron chi connectivity index (χ1n) is 3.75. The number of carbonyl (C=O) groups is 1. The van der Waals surface area contributed by atoms with Crippen LogP contribution in [0.3, 0.4) is 0 Å². The first-order chi connectivity index (χ1) is 6.54. The maximum Gasteiger partial charge on any atom is 0.417 e. The summed E-state index contributed by atoms with van der Waals surface area (Å²) in [6.45, 7) is 0.0262. The molecule has 1 aromatic heterocycles. The SMILES string of the molecule is O=CCNc1ccc(C(F)(F)F)cn1. The molecule has 0 unspecified atom stereocenters. The number of carbonyl (C=O) groups excluding carboxylic acids is 1. The van der Waals surface area contributed by atoms with Gasteiger partial charge in [0.05, 0.1) is 12.1 Å². The number of pyridine rings is 1. The lowest BCUT2D eigenvalue weighted by Gasteiger charge is -2.06. The van der Waals surface area contributed by atoms with Gasteiger partial charge in [-0.3, -0.25) is 0 Å². The molecule has 0 amide bonds. The van der Waals surface area contributed by atoms with Crippen LogP contribution in [0.2, 0.25) is 0 Å². The molecule has 0 atom stereocenters. The zero-order valence-electron chi connectivity index (χ0n) is 7.01. The maximum absolute atomic E-state index is 12.1. The van der Waals surface area contributed by atoms with E-state index in [4.69, 9.17) is 0 Å². The molecular formula is C8H7F3N2O. The summed E-state index contributed by atoms with van der Waals surface area (Å²) in [5.74, 6) is 0.241. The van der Waals surface area contributed by atoms with E-state index in [1.165, 1.54) is 6.07 Å². The van der Waals surface area contributed by atoms with E-state index in [1.54, 1.807) is 0 Å². The first-order valence-corrected chi connectivity index (χ1v) is 3.75. The smallest absolute Gasteiger partial charge is 0.363 e. The van der Waals surface area contributed by atoms with Crippen molar-refractivity contribution in [3.05, 3.63) is 23.9 Å². The molecule has 0 aliphatic carbocycles. The standard InChI is InChI=1S/C8H7F3N2O/c9-8(10,11)6-1-2-7(13-5-6)12-3-4-14/h1-2,4-5H,3H2,(H,12,13). The molecule has 14 heavy (non-hydrogen) atoms. The van der Waals surface area contributed by atoms with Gasteiger partial charge in [0.25, 0.3) is 0 Å². The number of alkyl halides is 3. The second kappa shape index (κ2) is 4.08. The van der Waals surface area contributed by atoms with Crippen LogP contribution in [0, 0.1) is 0 Å². The summed E-state index contributed by atoms with van der Waals surface area (Å²) in [5.41, 5.74) is -0.811. The van der Waals surface area contributed by atoms with Crippen LogP contribution in [-0.2, 0) is 11.0 Å². The topological polar surface area (TPSA) is 42.0 Å². The lowest BCUT2D eigenvalue weighted by atomic mass is 10.3. The lowest BCUT2D eigenvalue weighted by molar-refractivity contribution is -0.137. The van der Waals surface area contributed by atoms with E-state index in [9.17, 15) is 18.0 Å². The Bertz CT molecular complexity index is 307. The molecule has 0 aliphatic heterocycles. The van der Waals surface area contributed by atoms with Crippen LogP contribution < -0.4 is 5.32 Å². The Labute approximate surface area is 78.0 Å². The molecule has 0 aromatic carbocycles. The highest BCUT2D eigenvalue weighted by Gasteiger charge is 2.30. The highest BCUT2D eigenvalue weighted by molar-refractivity contribution is 5.57. The van der Waals surface area contributed by atoms with Gasteiger partial charge in [0.15, 0.2) is 0 Å². The second-order valence-corrected chi connectivity index (χ2v) is 2.48. The third-order valence-corrected chi connectivity index (χ3v) is 1.46. The van der Waals surface area contributed by atoms with Gasteiger partial charge in [-0.1, -0.05) is 0 Å². The van der Waals surface area contributed by atoms with Crippen LogP contribution in [0.4, 0.5) is 19.0 Å². The van der Waals surface area contributed by atoms with E-state index in [1.807, 2.05) is 0 Å². The normalized spacial score (nSPS) is 11.1. The summed E-state index contributed by atoms with van der Waals surface area (Å²) in [7, 11) is 0. The number of nitrogens with zero attached hydrogens (tertiary/aromatic N) is 1. The maximum atomic E-state index is 12.1. The van der Waals surface area contributed by atoms with E-state index < -0.39 is 11.7 Å². The van der Waals surface area contributed by atoms with Gasteiger partial charge in [-0.25, -0.2) is 4.98 Å². The molecule has 0 saturated carbocycles. The number of aromatic nitrogens is 1. The Morgan fingerprint density at radius 1 is 1.43 bits per heavy atom. The molecule has 0 fully saturated rings. The monoisotopic (exact) mass is 204 g/mol. The predicted molar refractivity (Wildman–Crippen MR) is 43.8 cm³/mol. The van der Waals surface area contributed by atoms with Crippen molar-refractivity contribution in [3.63, 3.8) is 0 Å². The third kappa shape index (κ3) is 2.72. The van der Waals surface area contributed by atoms with Crippen molar-refractivity contribution in [3.8, 4) is 0 Å². The molecule has 1 heterocycles. The Morgan fingerprint density at radius 3 is 2.57 bits per heavy atom. The van der Waals surface area contributed by atoms with Gasteiger partial charge in [0.1, 0.15) is 12.1 Å². The summed E-state index contributed by atoms with van der Waals surface area (Å²) < 4.78 is 36.2. The average molecular weight is 204 g/mol. The minimum atomic E-state index is -4.38. The van der Waals surface area contributed by atoms with Crippen molar-refractivity contribution in [2.24, 2.45) is 0 Å². The fourth-order valence-corrected chi connectivity index (χ4v) is 0.812. The second-order valence-electron chi connectivity index (χ2n) is 2.48. The van der Waals surface area contributed by atoms with Crippen molar-refractivity contribution < 1.29 is 18.0 Å². The first kappa shape index (κ1) is 10.5. The van der Waals surface area contributed by atoms with E-state index in [0.29, 0.717) is 12.5 Å². The van der Waals surface area contributed by atoms with Gasteiger partial charge < -0.3 is 10.1 Å². The van der Waals surface area contributed by atoms with Gasteiger partial charge in [-0.2, -0.15) is 13.2 Å². The molecule has 0 aliphatic rings. The molecule has 0 saturated heterocycles. The fourth-order valence-electron chi connectivity index (χ4n) is 0.812. The van der Waals surface area contributed by atoms with Crippen molar-refractivity contribution >= 4 is 12.1 Å². The van der Waals surface area contributed by atoms with Crippen LogP contribution in [0.1, 0.15) is 5.56 Å². The van der Waals surface area contributed by atoms with Crippen LogP contribution >= 0.6 is 0 Å². The number of hydrogen-bond donors (Lipinski definition) is 1. The van der Waals surface area contributed by atoms with Gasteiger partial charge in [0.2, 0.25) is 0 Å². The fraction of sp³-hybridized carbons (Fsp3) is 0.250. The number of hydrogen-bond acceptors (Lipinski definition) is 3. The average Bonchev–Trinajstić information content (AvgIpc) is 2.14. The Hall–Kier alpha value is -1.59. The van der Waals surface area contributed by atoms with E-state index in [-0.39, 0.29) is 12.4 Å². The Kier molecular flexibility index (Phi) is 3.06. The predicted octanol–water partition coefficient (Wildman–Crippen LogP) is 1.71. The number of anilines is 1. The minimum Gasteiger partial charge on any atom is -0.363 e. The third-order valence-electron chi connectivity index (χ3n) is 1.46. The molecule has 0 radical (unpaired) electrons. The molecular weight excluding hydrogens is 197 g/mol. The van der Waals surface area contributed by atoms with Crippen molar-refractivity contribution in [2.45, 2.75) is 6.18 Å². The highest BCUT2D eigenvalue weighted by atomic mass is 19.4. The van der Waals surface area contributed by atoms with Gasteiger partial charge >= 0.3 is 6.18 Å². The van der Waals surface area contributed by atoms with Crippen molar-refractivity contribution in [1.82, 2.24) is 4.98 Å². The van der Waals surface area contributed by atoms with Crippen LogP contribution in [0.25, 0.3) is 0 Å². The zero-order valence-corrected chi connectivity index (χ0v) is 7.01. The summed E-state index contributed by atoms with van der Waals surface area (Å²) in [4.78, 5) is 13.4. The quantitative estimate of drug-likeness (QED) is 0.762. The molecule has 3 nitrogen and oxygen atoms in total. The molecule has 6 heteroatoms. The van der Waals surface area contributed by atoms with Gasteiger partial charge in [0, 0.05) is 6.20 Å².